The maximum Gasteiger partial charge on any atom is 0.246 e. The highest BCUT2D eigenvalue weighted by Crippen LogP contribution is 2.28. The topological polar surface area (TPSA) is 96.9 Å². The van der Waals surface area contributed by atoms with Crippen LogP contribution in [0.4, 0.5) is 0 Å². The van der Waals surface area contributed by atoms with Crippen LogP contribution in [0.2, 0.25) is 0 Å². The van der Waals surface area contributed by atoms with Crippen molar-refractivity contribution in [2.24, 2.45) is 17.8 Å². The molecule has 2 atom stereocenters. The monoisotopic (exact) mass is 344 g/mol. The Bertz CT molecular complexity index is 383. The number of nitrogens with one attached hydrogen (secondary N) is 2. The van der Waals surface area contributed by atoms with Crippen LogP contribution in [0.5, 0.6) is 0 Å². The molecule has 0 aromatic rings. The Morgan fingerprint density at radius 1 is 1.21 bits per heavy atom. The van der Waals surface area contributed by atoms with E-state index in [0.717, 1.165) is 25.7 Å². The zero-order valence-corrected chi connectivity index (χ0v) is 15.0. The molecule has 1 rings (SSSR count). The van der Waals surface area contributed by atoms with Crippen molar-refractivity contribution in [3.63, 3.8) is 0 Å². The third-order valence-corrected chi connectivity index (χ3v) is 4.62. The Hall–Kier alpha value is -1.18. The van der Waals surface area contributed by atoms with Crippen molar-refractivity contribution >= 4 is 11.8 Å². The molecule has 140 valence electrons. The first-order chi connectivity index (χ1) is 11.5. The van der Waals surface area contributed by atoms with Crippen LogP contribution in [-0.4, -0.2) is 43.1 Å². The van der Waals surface area contributed by atoms with Crippen LogP contribution in [-0.2, 0) is 19.1 Å². The van der Waals surface area contributed by atoms with Crippen LogP contribution >= 0.6 is 0 Å². The molecular weight excluding hydrogens is 312 g/mol. The summed E-state index contributed by atoms with van der Waals surface area (Å²) in [6, 6.07) is -0.287. The highest BCUT2D eigenvalue weighted by Gasteiger charge is 2.27. The molecule has 0 aromatic carbocycles. The number of carbonyl (C=O) groups is 2. The van der Waals surface area contributed by atoms with E-state index in [4.69, 9.17) is 14.7 Å². The summed E-state index contributed by atoms with van der Waals surface area (Å²) in [5.41, 5.74) is 1.65. The molecule has 1 fully saturated rings. The summed E-state index contributed by atoms with van der Waals surface area (Å²) in [7, 11) is 0. The molecule has 0 aromatic heterocycles. The second kappa shape index (κ2) is 11.4. The van der Waals surface area contributed by atoms with Crippen molar-refractivity contribution in [1.29, 1.82) is 0 Å². The van der Waals surface area contributed by atoms with Crippen molar-refractivity contribution in [2.75, 3.05) is 20.0 Å². The molecule has 0 spiro atoms. The summed E-state index contributed by atoms with van der Waals surface area (Å²) in [5.74, 6) is -0.137. The predicted molar refractivity (Wildman–Crippen MR) is 89.2 cm³/mol. The van der Waals surface area contributed by atoms with Gasteiger partial charge in [0.2, 0.25) is 11.8 Å². The average Bonchev–Trinajstić information content (AvgIpc) is 2.58. The Morgan fingerprint density at radius 2 is 1.88 bits per heavy atom. The minimum absolute atomic E-state index is 0.0310. The van der Waals surface area contributed by atoms with Gasteiger partial charge in [0, 0.05) is 18.4 Å². The van der Waals surface area contributed by atoms with Gasteiger partial charge in [0.15, 0.2) is 0 Å². The van der Waals surface area contributed by atoms with Crippen LogP contribution in [0.15, 0.2) is 0 Å². The van der Waals surface area contributed by atoms with Crippen LogP contribution < -0.4 is 10.8 Å². The Labute approximate surface area is 144 Å². The second-order valence-corrected chi connectivity index (χ2v) is 6.76. The normalized spacial score (nSPS) is 23.3. The van der Waals surface area contributed by atoms with E-state index in [-0.39, 0.29) is 31.3 Å². The van der Waals surface area contributed by atoms with Gasteiger partial charge < -0.3 is 14.8 Å². The molecular formula is C17H32N2O5. The van der Waals surface area contributed by atoms with Gasteiger partial charge in [-0.15, -0.1) is 0 Å². The lowest BCUT2D eigenvalue weighted by atomic mass is 9.82. The van der Waals surface area contributed by atoms with Crippen molar-refractivity contribution in [2.45, 2.75) is 58.9 Å². The van der Waals surface area contributed by atoms with Gasteiger partial charge in [0.25, 0.3) is 0 Å². The third kappa shape index (κ3) is 7.59. The van der Waals surface area contributed by atoms with Crippen molar-refractivity contribution in [1.82, 2.24) is 10.8 Å². The molecule has 1 aliphatic rings. The summed E-state index contributed by atoms with van der Waals surface area (Å²) in [5, 5.41) is 11.7. The number of hydrogen-bond donors (Lipinski definition) is 3. The lowest BCUT2D eigenvalue weighted by Gasteiger charge is -2.28. The average molecular weight is 344 g/mol. The van der Waals surface area contributed by atoms with E-state index in [9.17, 15) is 9.59 Å². The Balaban J connectivity index is 2.52. The van der Waals surface area contributed by atoms with Gasteiger partial charge in [-0.05, 0) is 44.9 Å². The summed E-state index contributed by atoms with van der Waals surface area (Å²) in [6.45, 7) is 6.78. The minimum atomic E-state index is -0.467. The summed E-state index contributed by atoms with van der Waals surface area (Å²) < 4.78 is 10.6. The maximum absolute atomic E-state index is 12.5. The lowest BCUT2D eigenvalue weighted by molar-refractivity contribution is -0.134. The van der Waals surface area contributed by atoms with Crippen LogP contribution in [0, 0.1) is 17.8 Å². The molecule has 0 radical (unpaired) electrons. The van der Waals surface area contributed by atoms with E-state index in [1.807, 2.05) is 6.92 Å². The van der Waals surface area contributed by atoms with E-state index < -0.39 is 11.8 Å². The number of hydroxylamine groups is 1. The zero-order valence-electron chi connectivity index (χ0n) is 15.0. The van der Waals surface area contributed by atoms with Gasteiger partial charge in [0.05, 0.1) is 12.6 Å². The summed E-state index contributed by atoms with van der Waals surface area (Å²) >= 11 is 0. The van der Waals surface area contributed by atoms with Crippen LogP contribution in [0.3, 0.4) is 0 Å². The standard InChI is InChI=1S/C17H32N2O5/c1-4-23-11-24-10-15(9-13(3)16(20)19-22)18-17(21)14-7-5-12(2)6-8-14/h12-15,22H,4-11H2,1-3H3,(H,18,21)(H,19,20)/t12?,13-,14?,15-/m0/s1. The lowest BCUT2D eigenvalue weighted by Crippen LogP contribution is -2.44. The van der Waals surface area contributed by atoms with Crippen LogP contribution in [0.25, 0.3) is 0 Å². The fourth-order valence-corrected chi connectivity index (χ4v) is 2.99. The first-order valence-electron chi connectivity index (χ1n) is 8.87. The number of hydrogen-bond acceptors (Lipinski definition) is 5. The molecule has 0 saturated heterocycles. The molecule has 24 heavy (non-hydrogen) atoms. The molecule has 7 heteroatoms. The molecule has 0 heterocycles. The third-order valence-electron chi connectivity index (χ3n) is 4.62. The Morgan fingerprint density at radius 3 is 2.46 bits per heavy atom. The second-order valence-electron chi connectivity index (χ2n) is 6.76. The molecule has 7 nitrogen and oxygen atoms in total. The SMILES string of the molecule is CCOCOC[C@H](C[C@H](C)C(=O)NO)NC(=O)C1CCC(C)CC1. The molecule has 0 aliphatic heterocycles. The summed E-state index contributed by atoms with van der Waals surface area (Å²) in [4.78, 5) is 24.0. The van der Waals surface area contributed by atoms with Gasteiger partial charge in [-0.3, -0.25) is 14.8 Å². The number of amides is 2. The fraction of sp³-hybridized carbons (Fsp3) is 0.882. The predicted octanol–water partition coefficient (Wildman–Crippen LogP) is 1.84. The van der Waals surface area contributed by atoms with Gasteiger partial charge in [-0.1, -0.05) is 13.8 Å². The van der Waals surface area contributed by atoms with E-state index in [1.165, 1.54) is 0 Å². The van der Waals surface area contributed by atoms with Crippen molar-refractivity contribution in [3.05, 3.63) is 0 Å². The molecule has 1 saturated carbocycles. The maximum atomic E-state index is 12.5. The largest absolute Gasteiger partial charge is 0.356 e. The Kier molecular flexibility index (Phi) is 9.90. The van der Waals surface area contributed by atoms with E-state index in [0.29, 0.717) is 18.9 Å². The smallest absolute Gasteiger partial charge is 0.246 e. The molecule has 0 bridgehead atoms. The van der Waals surface area contributed by atoms with E-state index in [2.05, 4.69) is 12.2 Å². The van der Waals surface area contributed by atoms with E-state index >= 15 is 0 Å². The van der Waals surface area contributed by atoms with Gasteiger partial charge in [-0.25, -0.2) is 5.48 Å². The van der Waals surface area contributed by atoms with Gasteiger partial charge in [-0.2, -0.15) is 0 Å². The highest BCUT2D eigenvalue weighted by atomic mass is 16.7. The first-order valence-corrected chi connectivity index (χ1v) is 8.87. The van der Waals surface area contributed by atoms with Crippen molar-refractivity contribution < 1.29 is 24.3 Å². The number of rotatable bonds is 10. The molecule has 1 aliphatic carbocycles. The molecule has 2 amide bonds. The van der Waals surface area contributed by atoms with Gasteiger partial charge >= 0.3 is 0 Å². The number of carbonyl (C=O) groups excluding carboxylic acids is 2. The number of ether oxygens (including phenoxy) is 2. The molecule has 3 N–H and O–H groups in total. The fourth-order valence-electron chi connectivity index (χ4n) is 2.99. The minimum Gasteiger partial charge on any atom is -0.356 e. The quantitative estimate of drug-likeness (QED) is 0.243. The summed E-state index contributed by atoms with van der Waals surface area (Å²) in [6.07, 6.45) is 4.37. The van der Waals surface area contributed by atoms with Crippen molar-refractivity contribution in [3.8, 4) is 0 Å². The van der Waals surface area contributed by atoms with Crippen LogP contribution in [0.1, 0.15) is 52.9 Å². The zero-order chi connectivity index (χ0) is 17.9. The first kappa shape index (κ1) is 20.9. The van der Waals surface area contributed by atoms with Gasteiger partial charge in [0.1, 0.15) is 6.79 Å². The molecule has 0 unspecified atom stereocenters. The van der Waals surface area contributed by atoms with E-state index in [1.54, 1.807) is 12.4 Å². The highest BCUT2D eigenvalue weighted by molar-refractivity contribution is 5.79.